The minimum atomic E-state index is -0.300. The van der Waals surface area contributed by atoms with Crippen LogP contribution in [0.1, 0.15) is 42.5 Å². The normalized spacial score (nSPS) is 12.0. The predicted molar refractivity (Wildman–Crippen MR) is 106 cm³/mol. The third-order valence-corrected chi connectivity index (χ3v) is 4.39. The zero-order valence-electron chi connectivity index (χ0n) is 15.5. The van der Waals surface area contributed by atoms with Crippen molar-refractivity contribution in [3.8, 4) is 11.5 Å². The van der Waals surface area contributed by atoms with Gasteiger partial charge in [0.1, 0.15) is 5.82 Å². The fourth-order valence-electron chi connectivity index (χ4n) is 2.72. The number of carbonyl (C=O) groups excluding carboxylic acids is 1. The average Bonchev–Trinajstić information content (AvgIpc) is 3.10. The van der Waals surface area contributed by atoms with Gasteiger partial charge in [-0.2, -0.15) is 0 Å². The van der Waals surface area contributed by atoms with E-state index >= 15 is 0 Å². The number of methoxy groups -OCH3 is 1. The van der Waals surface area contributed by atoms with Gasteiger partial charge in [-0.1, -0.05) is 30.7 Å². The molecule has 2 aromatic carbocycles. The Kier molecular flexibility index (Phi) is 5.86. The van der Waals surface area contributed by atoms with Crippen molar-refractivity contribution < 1.29 is 14.3 Å². The molecule has 0 saturated heterocycles. The standard InChI is InChI=1S/C20H22ClN3O3/c1-4-9-27-18-14(21)10-13(11-17(18)26-3)20(25)22-12(2)19-23-15-7-5-6-8-16(15)24-19/h5-8,10-12H,4,9H2,1-3H3,(H,22,25)(H,23,24)/t12-/m0/s1. The summed E-state index contributed by atoms with van der Waals surface area (Å²) in [5.74, 6) is 1.29. The first-order valence-electron chi connectivity index (χ1n) is 8.79. The SMILES string of the molecule is CCCOc1c(Cl)cc(C(=O)N[C@@H](C)c2nc3ccccc3[nH]2)cc1OC. The lowest BCUT2D eigenvalue weighted by molar-refractivity contribution is 0.0938. The lowest BCUT2D eigenvalue weighted by Crippen LogP contribution is -2.27. The highest BCUT2D eigenvalue weighted by Crippen LogP contribution is 2.36. The van der Waals surface area contributed by atoms with Crippen molar-refractivity contribution in [1.82, 2.24) is 15.3 Å². The number of carbonyl (C=O) groups is 1. The fraction of sp³-hybridized carbons (Fsp3) is 0.300. The van der Waals surface area contributed by atoms with E-state index in [-0.39, 0.29) is 11.9 Å². The van der Waals surface area contributed by atoms with Crippen molar-refractivity contribution in [3.05, 3.63) is 52.8 Å². The van der Waals surface area contributed by atoms with Gasteiger partial charge < -0.3 is 19.8 Å². The third-order valence-electron chi connectivity index (χ3n) is 4.11. The van der Waals surface area contributed by atoms with Crippen molar-refractivity contribution in [1.29, 1.82) is 0 Å². The Morgan fingerprint density at radius 3 is 2.81 bits per heavy atom. The zero-order valence-corrected chi connectivity index (χ0v) is 16.3. The number of para-hydroxylation sites is 2. The summed E-state index contributed by atoms with van der Waals surface area (Å²) in [7, 11) is 1.52. The number of imidazole rings is 1. The van der Waals surface area contributed by atoms with Crippen molar-refractivity contribution in [2.75, 3.05) is 13.7 Å². The lowest BCUT2D eigenvalue weighted by atomic mass is 10.1. The van der Waals surface area contributed by atoms with Crippen LogP contribution in [-0.4, -0.2) is 29.6 Å². The molecule has 0 bridgehead atoms. The van der Waals surface area contributed by atoms with E-state index in [4.69, 9.17) is 21.1 Å². The van der Waals surface area contributed by atoms with Crippen LogP contribution in [0.3, 0.4) is 0 Å². The number of nitrogens with zero attached hydrogens (tertiary/aromatic N) is 1. The van der Waals surface area contributed by atoms with E-state index in [1.54, 1.807) is 12.1 Å². The number of amides is 1. The van der Waals surface area contributed by atoms with E-state index < -0.39 is 0 Å². The number of ether oxygens (including phenoxy) is 2. The molecular weight excluding hydrogens is 366 g/mol. The lowest BCUT2D eigenvalue weighted by Gasteiger charge is -2.15. The molecule has 0 spiro atoms. The van der Waals surface area contributed by atoms with Crippen LogP contribution in [0.4, 0.5) is 0 Å². The monoisotopic (exact) mass is 387 g/mol. The number of nitrogens with one attached hydrogen (secondary N) is 2. The molecule has 1 atom stereocenters. The summed E-state index contributed by atoms with van der Waals surface area (Å²) in [6.07, 6.45) is 0.844. The quantitative estimate of drug-likeness (QED) is 0.625. The number of halogens is 1. The highest BCUT2D eigenvalue weighted by molar-refractivity contribution is 6.32. The molecule has 3 aromatic rings. The second kappa shape index (κ2) is 8.31. The zero-order chi connectivity index (χ0) is 19.4. The molecule has 0 saturated carbocycles. The molecule has 1 amide bonds. The molecule has 0 aliphatic carbocycles. The van der Waals surface area contributed by atoms with Crippen LogP contribution in [0.15, 0.2) is 36.4 Å². The molecule has 0 aliphatic heterocycles. The second-order valence-corrected chi connectivity index (χ2v) is 6.58. The van der Waals surface area contributed by atoms with Gasteiger partial charge in [0.25, 0.3) is 5.91 Å². The van der Waals surface area contributed by atoms with E-state index in [0.29, 0.717) is 34.5 Å². The topological polar surface area (TPSA) is 76.2 Å². The van der Waals surface area contributed by atoms with Gasteiger partial charge in [0.2, 0.25) is 0 Å². The maximum Gasteiger partial charge on any atom is 0.252 e. The molecule has 0 unspecified atom stereocenters. The molecule has 1 aromatic heterocycles. The van der Waals surface area contributed by atoms with Gasteiger partial charge in [0, 0.05) is 5.56 Å². The van der Waals surface area contributed by atoms with Crippen LogP contribution >= 0.6 is 11.6 Å². The Labute approximate surface area is 162 Å². The molecule has 142 valence electrons. The summed E-state index contributed by atoms with van der Waals surface area (Å²) in [6.45, 7) is 4.39. The molecule has 27 heavy (non-hydrogen) atoms. The molecule has 0 fully saturated rings. The van der Waals surface area contributed by atoms with Gasteiger partial charge in [0.15, 0.2) is 11.5 Å². The molecule has 3 rings (SSSR count). The smallest absolute Gasteiger partial charge is 0.252 e. The number of hydrogen-bond donors (Lipinski definition) is 2. The van der Waals surface area contributed by atoms with Crippen LogP contribution in [0, 0.1) is 0 Å². The van der Waals surface area contributed by atoms with E-state index in [2.05, 4.69) is 15.3 Å². The van der Waals surface area contributed by atoms with Gasteiger partial charge in [-0.05, 0) is 37.6 Å². The predicted octanol–water partition coefficient (Wildman–Crippen LogP) is 4.50. The minimum absolute atomic E-state index is 0.273. The summed E-state index contributed by atoms with van der Waals surface area (Å²) in [6, 6.07) is 10.6. The number of rotatable bonds is 7. The Morgan fingerprint density at radius 2 is 2.11 bits per heavy atom. The van der Waals surface area contributed by atoms with Crippen LogP contribution in [0.2, 0.25) is 5.02 Å². The van der Waals surface area contributed by atoms with Crippen LogP contribution in [-0.2, 0) is 0 Å². The first-order chi connectivity index (χ1) is 13.0. The van der Waals surface area contributed by atoms with Crippen LogP contribution in [0.5, 0.6) is 11.5 Å². The van der Waals surface area contributed by atoms with Gasteiger partial charge in [-0.3, -0.25) is 4.79 Å². The molecule has 0 radical (unpaired) electrons. The number of H-pyrrole nitrogens is 1. The van der Waals surface area contributed by atoms with E-state index in [1.807, 2.05) is 38.1 Å². The average molecular weight is 388 g/mol. The molecule has 6 nitrogen and oxygen atoms in total. The minimum Gasteiger partial charge on any atom is -0.493 e. The van der Waals surface area contributed by atoms with E-state index in [0.717, 1.165) is 17.5 Å². The van der Waals surface area contributed by atoms with E-state index in [1.165, 1.54) is 7.11 Å². The van der Waals surface area contributed by atoms with Gasteiger partial charge in [0.05, 0.1) is 35.8 Å². The molecular formula is C20H22ClN3O3. The molecule has 2 N–H and O–H groups in total. The summed E-state index contributed by atoms with van der Waals surface area (Å²) >= 11 is 6.30. The highest BCUT2D eigenvalue weighted by atomic mass is 35.5. The first kappa shape index (κ1) is 19.0. The van der Waals surface area contributed by atoms with Gasteiger partial charge in [-0.25, -0.2) is 4.98 Å². The Balaban J connectivity index is 1.79. The maximum atomic E-state index is 12.7. The summed E-state index contributed by atoms with van der Waals surface area (Å²) in [5, 5.41) is 3.26. The van der Waals surface area contributed by atoms with Crippen molar-refractivity contribution in [3.63, 3.8) is 0 Å². The summed E-state index contributed by atoms with van der Waals surface area (Å²) < 4.78 is 11.0. The second-order valence-electron chi connectivity index (χ2n) is 6.17. The maximum absolute atomic E-state index is 12.7. The van der Waals surface area contributed by atoms with Crippen LogP contribution in [0.25, 0.3) is 11.0 Å². The van der Waals surface area contributed by atoms with Gasteiger partial charge >= 0.3 is 0 Å². The first-order valence-corrected chi connectivity index (χ1v) is 9.17. The largest absolute Gasteiger partial charge is 0.493 e. The van der Waals surface area contributed by atoms with Crippen molar-refractivity contribution in [2.45, 2.75) is 26.3 Å². The fourth-order valence-corrected chi connectivity index (χ4v) is 2.99. The number of fused-ring (bicyclic) bond motifs is 1. The summed E-state index contributed by atoms with van der Waals surface area (Å²) in [5.41, 5.74) is 2.18. The Morgan fingerprint density at radius 1 is 1.33 bits per heavy atom. The number of benzene rings is 2. The molecule has 0 aliphatic rings. The molecule has 1 heterocycles. The number of aromatic nitrogens is 2. The Hall–Kier alpha value is -2.73. The van der Waals surface area contributed by atoms with Crippen molar-refractivity contribution >= 4 is 28.5 Å². The molecule has 7 heteroatoms. The van der Waals surface area contributed by atoms with E-state index in [9.17, 15) is 4.79 Å². The number of hydrogen-bond acceptors (Lipinski definition) is 4. The summed E-state index contributed by atoms with van der Waals surface area (Å²) in [4.78, 5) is 20.4. The Bertz CT molecular complexity index is 922. The van der Waals surface area contributed by atoms with Gasteiger partial charge in [-0.15, -0.1) is 0 Å². The highest BCUT2D eigenvalue weighted by Gasteiger charge is 2.19. The van der Waals surface area contributed by atoms with Crippen LogP contribution < -0.4 is 14.8 Å². The van der Waals surface area contributed by atoms with Crippen molar-refractivity contribution in [2.24, 2.45) is 0 Å². The third kappa shape index (κ3) is 4.17. The number of aromatic amines is 1.